The number of nitrogens with one attached hydrogen (secondary N) is 1. The molecule has 2 saturated carbocycles. The quantitative estimate of drug-likeness (QED) is 0.799. The zero-order chi connectivity index (χ0) is 20.1. The van der Waals surface area contributed by atoms with Crippen molar-refractivity contribution in [3.63, 3.8) is 0 Å². The Morgan fingerprint density at radius 2 is 2.04 bits per heavy atom. The lowest BCUT2D eigenvalue weighted by Crippen LogP contribution is -2.36. The minimum Gasteiger partial charge on any atom is -0.446 e. The van der Waals surface area contributed by atoms with E-state index in [9.17, 15) is 18.0 Å². The molecule has 1 aromatic carbocycles. The molecule has 2 aromatic rings. The van der Waals surface area contributed by atoms with Crippen LogP contribution in [0.4, 0.5) is 23.8 Å². The highest BCUT2D eigenvalue weighted by Gasteiger charge is 2.48. The van der Waals surface area contributed by atoms with Gasteiger partial charge in [-0.15, -0.1) is 0 Å². The number of aryl methyl sites for hydroxylation is 2. The Hall–Kier alpha value is -2.51. The van der Waals surface area contributed by atoms with E-state index in [0.29, 0.717) is 17.1 Å². The van der Waals surface area contributed by atoms with Gasteiger partial charge in [0.05, 0.1) is 5.69 Å². The fraction of sp³-hybridized carbons (Fsp3) is 0.500. The van der Waals surface area contributed by atoms with Crippen molar-refractivity contribution in [2.75, 3.05) is 5.32 Å². The van der Waals surface area contributed by atoms with Gasteiger partial charge in [-0.2, -0.15) is 5.10 Å². The van der Waals surface area contributed by atoms with Gasteiger partial charge in [-0.25, -0.2) is 18.0 Å². The van der Waals surface area contributed by atoms with Gasteiger partial charge in [0.1, 0.15) is 18.1 Å². The van der Waals surface area contributed by atoms with Crippen LogP contribution in [0.5, 0.6) is 0 Å². The highest BCUT2D eigenvalue weighted by atomic mass is 19.3. The Kier molecular flexibility index (Phi) is 4.59. The minimum absolute atomic E-state index is 0.200. The van der Waals surface area contributed by atoms with Crippen molar-refractivity contribution >= 4 is 11.9 Å². The zero-order valence-corrected chi connectivity index (χ0v) is 15.7. The predicted octanol–water partition coefficient (Wildman–Crippen LogP) is 4.96. The number of alkyl halides is 3. The third-order valence-electron chi connectivity index (χ3n) is 5.39. The first-order chi connectivity index (χ1) is 13.2. The van der Waals surface area contributed by atoms with Crippen molar-refractivity contribution in [3.8, 4) is 11.1 Å². The second kappa shape index (κ2) is 6.83. The highest BCUT2D eigenvalue weighted by molar-refractivity contribution is 5.91. The van der Waals surface area contributed by atoms with Crippen molar-refractivity contribution < 1.29 is 22.7 Å². The Labute approximate surface area is 160 Å². The van der Waals surface area contributed by atoms with Crippen LogP contribution < -0.4 is 5.32 Å². The van der Waals surface area contributed by atoms with Crippen LogP contribution in [0.1, 0.15) is 42.9 Å². The number of benzene rings is 1. The molecule has 1 aromatic heterocycles. The molecule has 2 fully saturated rings. The number of halogens is 3. The molecule has 0 unspecified atom stereocenters. The molecule has 2 aliphatic rings. The second-order valence-electron chi connectivity index (χ2n) is 7.78. The average molecular weight is 393 g/mol. The summed E-state index contributed by atoms with van der Waals surface area (Å²) in [5, 5.41) is 7.12. The Bertz CT molecular complexity index is 898. The maximum atomic E-state index is 13.5. The third kappa shape index (κ3) is 3.59. The van der Waals surface area contributed by atoms with Gasteiger partial charge in [-0.3, -0.25) is 10.00 Å². The van der Waals surface area contributed by atoms with Crippen molar-refractivity contribution in [1.82, 2.24) is 9.78 Å². The summed E-state index contributed by atoms with van der Waals surface area (Å²) in [5.74, 6) is -2.66. The molecular formula is C20H22F3N3O2. The molecule has 0 atom stereocenters. The summed E-state index contributed by atoms with van der Waals surface area (Å²) in [5.41, 5.74) is 2.96. The van der Waals surface area contributed by atoms with Crippen molar-refractivity contribution in [2.24, 2.45) is 7.05 Å². The van der Waals surface area contributed by atoms with E-state index in [1.165, 1.54) is 4.68 Å². The molecule has 1 N–H and O–H groups in total. The van der Waals surface area contributed by atoms with Crippen molar-refractivity contribution in [3.05, 3.63) is 35.5 Å². The largest absolute Gasteiger partial charge is 0.446 e. The first-order valence-corrected chi connectivity index (χ1v) is 9.35. The number of ether oxygens (including phenoxy) is 1. The van der Waals surface area contributed by atoms with Gasteiger partial charge in [0.25, 0.3) is 0 Å². The number of amides is 1. The van der Waals surface area contributed by atoms with E-state index in [1.807, 2.05) is 31.2 Å². The summed E-state index contributed by atoms with van der Waals surface area (Å²) in [4.78, 5) is 12.3. The Morgan fingerprint density at radius 3 is 2.64 bits per heavy atom. The molecule has 0 spiro atoms. The molecule has 0 aliphatic heterocycles. The van der Waals surface area contributed by atoms with Crippen LogP contribution in [0.2, 0.25) is 0 Å². The van der Waals surface area contributed by atoms with Gasteiger partial charge < -0.3 is 4.74 Å². The van der Waals surface area contributed by atoms with Gasteiger partial charge in [-0.1, -0.05) is 29.8 Å². The van der Waals surface area contributed by atoms with Gasteiger partial charge in [-0.05, 0) is 12.5 Å². The van der Waals surface area contributed by atoms with Crippen LogP contribution in [-0.4, -0.2) is 34.1 Å². The molecular weight excluding hydrogens is 371 g/mol. The normalized spacial score (nSPS) is 23.6. The molecule has 0 bridgehead atoms. The maximum Gasteiger partial charge on any atom is 0.413 e. The number of nitrogens with zero attached hydrogens (tertiary/aromatic N) is 2. The summed E-state index contributed by atoms with van der Waals surface area (Å²) in [6.45, 7) is 1.93. The molecule has 0 saturated heterocycles. The van der Waals surface area contributed by atoms with E-state index in [2.05, 4.69) is 10.4 Å². The van der Waals surface area contributed by atoms with E-state index >= 15 is 0 Å². The number of rotatable bonds is 4. The molecule has 8 heteroatoms. The van der Waals surface area contributed by atoms with E-state index in [4.69, 9.17) is 4.74 Å². The smallest absolute Gasteiger partial charge is 0.413 e. The molecule has 1 heterocycles. The maximum absolute atomic E-state index is 13.5. The molecule has 150 valence electrons. The molecule has 1 amide bonds. The van der Waals surface area contributed by atoms with Crippen LogP contribution >= 0.6 is 0 Å². The lowest BCUT2D eigenvalue weighted by atomic mass is 9.77. The fourth-order valence-electron chi connectivity index (χ4n) is 3.79. The fourth-order valence-corrected chi connectivity index (χ4v) is 3.79. The molecule has 0 radical (unpaired) electrons. The first kappa shape index (κ1) is 18.8. The first-order valence-electron chi connectivity index (χ1n) is 9.35. The van der Waals surface area contributed by atoms with Crippen LogP contribution in [0, 0.1) is 6.92 Å². The molecule has 4 rings (SSSR count). The predicted molar refractivity (Wildman–Crippen MR) is 98.3 cm³/mol. The van der Waals surface area contributed by atoms with Crippen molar-refractivity contribution in [1.29, 1.82) is 0 Å². The van der Waals surface area contributed by atoms with Crippen LogP contribution in [0.15, 0.2) is 24.3 Å². The topological polar surface area (TPSA) is 56.2 Å². The van der Waals surface area contributed by atoms with Gasteiger partial charge >= 0.3 is 6.09 Å². The van der Waals surface area contributed by atoms with Gasteiger partial charge in [0.2, 0.25) is 5.92 Å². The second-order valence-corrected chi connectivity index (χ2v) is 7.78. The van der Waals surface area contributed by atoms with Crippen LogP contribution in [0.3, 0.4) is 0 Å². The SMILES string of the molecule is Cc1cccc(-c2c(C3CC(F)(F)C3)nn(C)c2NC(=O)O[C@H]2C[C@@H](F)C2)c1. The van der Waals surface area contributed by atoms with Gasteiger partial charge in [0.15, 0.2) is 0 Å². The highest BCUT2D eigenvalue weighted by Crippen LogP contribution is 2.51. The van der Waals surface area contributed by atoms with E-state index in [-0.39, 0.29) is 31.6 Å². The molecule has 2 aliphatic carbocycles. The number of hydrogen-bond acceptors (Lipinski definition) is 3. The molecule has 5 nitrogen and oxygen atoms in total. The monoisotopic (exact) mass is 393 g/mol. The average Bonchev–Trinajstić information content (AvgIpc) is 2.87. The van der Waals surface area contributed by atoms with Crippen LogP contribution in [-0.2, 0) is 11.8 Å². The summed E-state index contributed by atoms with van der Waals surface area (Å²) < 4.78 is 46.6. The Balaban J connectivity index is 1.65. The number of carbonyl (C=O) groups is 1. The summed E-state index contributed by atoms with van der Waals surface area (Å²) in [6, 6.07) is 7.59. The van der Waals surface area contributed by atoms with E-state index < -0.39 is 24.3 Å². The number of anilines is 1. The standard InChI is InChI=1S/C20H22F3N3O2/c1-11-4-3-5-12(6-11)16-17(13-9-20(22,23)10-13)25-26(2)18(16)24-19(27)28-15-7-14(21)8-15/h3-6,13-15H,7-10H2,1-2H3,(H,24,27)/t14-,15+. The zero-order valence-electron chi connectivity index (χ0n) is 15.7. The third-order valence-corrected chi connectivity index (χ3v) is 5.39. The summed E-state index contributed by atoms with van der Waals surface area (Å²) in [6.07, 6.45) is -2.17. The lowest BCUT2D eigenvalue weighted by Gasteiger charge is -2.34. The summed E-state index contributed by atoms with van der Waals surface area (Å²) >= 11 is 0. The number of aromatic nitrogens is 2. The van der Waals surface area contributed by atoms with Crippen LogP contribution in [0.25, 0.3) is 11.1 Å². The summed E-state index contributed by atoms with van der Waals surface area (Å²) in [7, 11) is 1.65. The number of carbonyl (C=O) groups excluding carboxylic acids is 1. The molecule has 28 heavy (non-hydrogen) atoms. The minimum atomic E-state index is -2.67. The number of hydrogen-bond donors (Lipinski definition) is 1. The van der Waals surface area contributed by atoms with Gasteiger partial charge in [0, 0.05) is 44.2 Å². The van der Waals surface area contributed by atoms with E-state index in [1.54, 1.807) is 7.05 Å². The lowest BCUT2D eigenvalue weighted by molar-refractivity contribution is -0.0875. The van der Waals surface area contributed by atoms with Crippen molar-refractivity contribution in [2.45, 2.75) is 56.7 Å². The Morgan fingerprint density at radius 1 is 1.32 bits per heavy atom. The van der Waals surface area contributed by atoms with E-state index in [0.717, 1.165) is 11.1 Å².